The molecule has 2 aromatic rings. The molecule has 0 saturated heterocycles. The van der Waals surface area contributed by atoms with E-state index in [1.54, 1.807) is 16.8 Å². The highest BCUT2D eigenvalue weighted by Crippen LogP contribution is 2.24. The Morgan fingerprint density at radius 2 is 2.05 bits per heavy atom. The highest BCUT2D eigenvalue weighted by molar-refractivity contribution is 8.00. The van der Waals surface area contributed by atoms with Crippen LogP contribution < -0.4 is 0 Å². The number of thioether (sulfide) groups is 1. The van der Waals surface area contributed by atoms with Gasteiger partial charge in [-0.3, -0.25) is 9.48 Å². The third-order valence-electron chi connectivity index (χ3n) is 2.69. The maximum atomic E-state index is 12.8. The van der Waals surface area contributed by atoms with Crippen LogP contribution in [0, 0.1) is 5.82 Å². The van der Waals surface area contributed by atoms with Gasteiger partial charge < -0.3 is 0 Å². The monoisotopic (exact) mass is 312 g/mol. The normalized spacial score (nSPS) is 11.1. The number of rotatable bonds is 5. The predicted octanol–water partition coefficient (Wildman–Crippen LogP) is 4.23. The van der Waals surface area contributed by atoms with Gasteiger partial charge in [-0.2, -0.15) is 5.10 Å². The molecule has 0 radical (unpaired) electrons. The number of hydrogen-bond donors (Lipinski definition) is 0. The maximum absolute atomic E-state index is 12.8. The largest absolute Gasteiger partial charge is 0.291 e. The Balaban J connectivity index is 2.09. The number of aromatic nitrogens is 2. The summed E-state index contributed by atoms with van der Waals surface area (Å²) in [5.74, 6) is -0.138. The quantitative estimate of drug-likeness (QED) is 0.612. The summed E-state index contributed by atoms with van der Waals surface area (Å²) in [6.45, 7) is 3.88. The van der Waals surface area contributed by atoms with Crippen molar-refractivity contribution in [3.05, 3.63) is 47.0 Å². The first kappa shape index (κ1) is 15.1. The number of carbonyl (C=O) groups is 1. The summed E-state index contributed by atoms with van der Waals surface area (Å²) < 4.78 is 14.4. The zero-order chi connectivity index (χ0) is 14.7. The van der Waals surface area contributed by atoms with Gasteiger partial charge >= 0.3 is 0 Å². The van der Waals surface area contributed by atoms with E-state index in [1.807, 2.05) is 13.8 Å². The lowest BCUT2D eigenvalue weighted by molar-refractivity contribution is 0.101. The van der Waals surface area contributed by atoms with Crippen molar-refractivity contribution in [2.24, 2.45) is 0 Å². The van der Waals surface area contributed by atoms with Crippen LogP contribution >= 0.6 is 23.4 Å². The molecule has 1 aromatic heterocycles. The van der Waals surface area contributed by atoms with Gasteiger partial charge in [-0.15, -0.1) is 11.8 Å². The van der Waals surface area contributed by atoms with Gasteiger partial charge in [-0.25, -0.2) is 4.39 Å². The molecule has 0 bridgehead atoms. The summed E-state index contributed by atoms with van der Waals surface area (Å²) in [5.41, 5.74) is 0.427. The van der Waals surface area contributed by atoms with E-state index in [0.29, 0.717) is 10.7 Å². The third kappa shape index (κ3) is 3.41. The molecule has 0 spiro atoms. The van der Waals surface area contributed by atoms with Gasteiger partial charge in [0.25, 0.3) is 0 Å². The van der Waals surface area contributed by atoms with Crippen molar-refractivity contribution in [3.8, 4) is 0 Å². The van der Waals surface area contributed by atoms with Crippen LogP contribution in [0.25, 0.3) is 0 Å². The molecule has 2 rings (SSSR count). The summed E-state index contributed by atoms with van der Waals surface area (Å²) in [6.07, 6.45) is 1.48. The van der Waals surface area contributed by atoms with Crippen molar-refractivity contribution in [2.75, 3.05) is 5.75 Å². The summed E-state index contributed by atoms with van der Waals surface area (Å²) in [5, 5.41) is 4.47. The number of halogens is 2. The third-order valence-corrected chi connectivity index (χ3v) is 3.98. The molecule has 0 aliphatic heterocycles. The second-order valence-electron chi connectivity index (χ2n) is 4.55. The summed E-state index contributed by atoms with van der Waals surface area (Å²) >= 11 is 7.37. The molecular formula is C14H14ClFN2OS. The molecule has 1 heterocycles. The summed E-state index contributed by atoms with van der Waals surface area (Å²) in [7, 11) is 0. The van der Waals surface area contributed by atoms with E-state index in [9.17, 15) is 9.18 Å². The lowest BCUT2D eigenvalue weighted by atomic mass is 10.3. The zero-order valence-corrected chi connectivity index (χ0v) is 12.7. The molecule has 1 aromatic carbocycles. The van der Waals surface area contributed by atoms with Crippen molar-refractivity contribution in [2.45, 2.75) is 24.8 Å². The molecule has 0 aliphatic rings. The van der Waals surface area contributed by atoms with E-state index < -0.39 is 0 Å². The molecular weight excluding hydrogens is 299 g/mol. The van der Waals surface area contributed by atoms with Gasteiger partial charge in [-0.05, 0) is 38.1 Å². The topological polar surface area (TPSA) is 34.9 Å². The van der Waals surface area contributed by atoms with Crippen LogP contribution in [0.2, 0.25) is 5.02 Å². The second-order valence-corrected chi connectivity index (χ2v) is 6.00. The van der Waals surface area contributed by atoms with Crippen molar-refractivity contribution < 1.29 is 9.18 Å². The van der Waals surface area contributed by atoms with Crippen molar-refractivity contribution in [1.82, 2.24) is 9.78 Å². The van der Waals surface area contributed by atoms with Crippen LogP contribution in [0.3, 0.4) is 0 Å². The predicted molar refractivity (Wildman–Crippen MR) is 79.1 cm³/mol. The molecule has 0 fully saturated rings. The minimum Gasteiger partial charge on any atom is -0.291 e. The van der Waals surface area contributed by atoms with E-state index >= 15 is 0 Å². The van der Waals surface area contributed by atoms with E-state index in [4.69, 9.17) is 11.6 Å². The molecule has 0 saturated carbocycles. The van der Waals surface area contributed by atoms with Gasteiger partial charge in [0.05, 0.1) is 17.0 Å². The van der Waals surface area contributed by atoms with E-state index in [2.05, 4.69) is 5.10 Å². The molecule has 0 amide bonds. The number of Topliss-reactive ketones (excluding diaryl/α,β-unsaturated/α-hetero) is 1. The second kappa shape index (κ2) is 6.41. The fourth-order valence-electron chi connectivity index (χ4n) is 1.74. The van der Waals surface area contributed by atoms with Crippen LogP contribution in [-0.2, 0) is 0 Å². The van der Waals surface area contributed by atoms with Crippen molar-refractivity contribution in [1.29, 1.82) is 0 Å². The van der Waals surface area contributed by atoms with Gasteiger partial charge in [-0.1, -0.05) is 11.6 Å². The average molecular weight is 313 g/mol. The number of carbonyl (C=O) groups excluding carboxylic acids is 1. The Labute approximate surface area is 126 Å². The minimum atomic E-state index is -0.290. The SMILES string of the molecule is CC(C)n1ncc(Cl)c1C(=O)CSc1ccc(F)cc1. The lowest BCUT2D eigenvalue weighted by Gasteiger charge is -2.10. The Kier molecular flexibility index (Phi) is 4.83. The number of nitrogens with zero attached hydrogens (tertiary/aromatic N) is 2. The first-order valence-electron chi connectivity index (χ1n) is 6.13. The maximum Gasteiger partial charge on any atom is 0.192 e. The van der Waals surface area contributed by atoms with E-state index in [0.717, 1.165) is 4.90 Å². The van der Waals surface area contributed by atoms with Gasteiger partial charge in [0.1, 0.15) is 11.5 Å². The molecule has 0 N–H and O–H groups in total. The van der Waals surface area contributed by atoms with E-state index in [1.165, 1.54) is 30.1 Å². The number of ketones is 1. The Hall–Kier alpha value is -1.33. The van der Waals surface area contributed by atoms with E-state index in [-0.39, 0.29) is 23.4 Å². The molecule has 0 atom stereocenters. The lowest BCUT2D eigenvalue weighted by Crippen LogP contribution is -2.14. The number of benzene rings is 1. The first-order chi connectivity index (χ1) is 9.49. The molecule has 20 heavy (non-hydrogen) atoms. The first-order valence-corrected chi connectivity index (χ1v) is 7.50. The fraction of sp³-hybridized carbons (Fsp3) is 0.286. The van der Waals surface area contributed by atoms with Gasteiger partial charge in [0, 0.05) is 10.9 Å². The molecule has 0 unspecified atom stereocenters. The van der Waals surface area contributed by atoms with Gasteiger partial charge in [0.15, 0.2) is 5.78 Å². The minimum absolute atomic E-state index is 0.0669. The van der Waals surface area contributed by atoms with Crippen LogP contribution in [0.15, 0.2) is 35.4 Å². The smallest absolute Gasteiger partial charge is 0.192 e. The molecule has 106 valence electrons. The van der Waals surface area contributed by atoms with Crippen LogP contribution in [0.5, 0.6) is 0 Å². The van der Waals surface area contributed by atoms with Crippen molar-refractivity contribution in [3.63, 3.8) is 0 Å². The zero-order valence-electron chi connectivity index (χ0n) is 11.1. The Morgan fingerprint density at radius 1 is 1.40 bits per heavy atom. The highest BCUT2D eigenvalue weighted by atomic mass is 35.5. The molecule has 3 nitrogen and oxygen atoms in total. The summed E-state index contributed by atoms with van der Waals surface area (Å²) in [6, 6.07) is 6.11. The molecule has 6 heteroatoms. The Morgan fingerprint density at radius 3 is 2.65 bits per heavy atom. The van der Waals surface area contributed by atoms with Gasteiger partial charge in [0.2, 0.25) is 0 Å². The Bertz CT molecular complexity index is 610. The van der Waals surface area contributed by atoms with Crippen LogP contribution in [0.4, 0.5) is 4.39 Å². The molecule has 0 aliphatic carbocycles. The average Bonchev–Trinajstić information content (AvgIpc) is 2.80. The van der Waals surface area contributed by atoms with Crippen LogP contribution in [0.1, 0.15) is 30.4 Å². The highest BCUT2D eigenvalue weighted by Gasteiger charge is 2.19. The number of hydrogen-bond acceptors (Lipinski definition) is 3. The summed E-state index contributed by atoms with van der Waals surface area (Å²) in [4.78, 5) is 13.1. The standard InChI is InChI=1S/C14H14ClFN2OS/c1-9(2)18-14(12(15)7-17-18)13(19)8-20-11-5-3-10(16)4-6-11/h3-7,9H,8H2,1-2H3. The van der Waals surface area contributed by atoms with Crippen LogP contribution in [-0.4, -0.2) is 21.3 Å². The fourth-order valence-corrected chi connectivity index (χ4v) is 2.74. The van der Waals surface area contributed by atoms with Crippen molar-refractivity contribution >= 4 is 29.1 Å².